The summed E-state index contributed by atoms with van der Waals surface area (Å²) < 4.78 is 0. The molecule has 240 valence electrons. The normalized spacial score (nSPS) is 12.5. The molecular weight excluding hydrogens is 613 g/mol. The van der Waals surface area contributed by atoms with Crippen molar-refractivity contribution in [1.29, 1.82) is 0 Å². The van der Waals surface area contributed by atoms with Crippen LogP contribution in [0, 0.1) is 0 Å². The summed E-state index contributed by atoms with van der Waals surface area (Å²) >= 11 is 0. The van der Waals surface area contributed by atoms with Gasteiger partial charge in [0.1, 0.15) is 0 Å². The highest BCUT2D eigenvalue weighted by molar-refractivity contribution is 6.01. The minimum Gasteiger partial charge on any atom is -0.0619 e. The van der Waals surface area contributed by atoms with Gasteiger partial charge in [-0.1, -0.05) is 176 Å². The van der Waals surface area contributed by atoms with E-state index in [1.54, 1.807) is 0 Å². The van der Waals surface area contributed by atoms with E-state index in [1.165, 1.54) is 99.1 Å². The molecule has 0 spiro atoms. The zero-order chi connectivity index (χ0) is 33.7. The summed E-state index contributed by atoms with van der Waals surface area (Å²) in [6.07, 6.45) is 3.24. The summed E-state index contributed by atoms with van der Waals surface area (Å²) in [5.74, 6) is 0. The summed E-state index contributed by atoms with van der Waals surface area (Å²) in [7, 11) is 0. The molecule has 0 saturated heterocycles. The minimum atomic E-state index is 1.08. The van der Waals surface area contributed by atoms with Crippen LogP contribution in [0.1, 0.15) is 33.4 Å². The van der Waals surface area contributed by atoms with Gasteiger partial charge in [0.2, 0.25) is 0 Å². The van der Waals surface area contributed by atoms with Gasteiger partial charge < -0.3 is 0 Å². The van der Waals surface area contributed by atoms with E-state index in [1.807, 2.05) is 0 Å². The monoisotopic (exact) mass is 648 g/mol. The molecular formula is C51H36. The molecule has 0 radical (unpaired) electrons. The van der Waals surface area contributed by atoms with Crippen molar-refractivity contribution in [1.82, 2.24) is 0 Å². The zero-order valence-electron chi connectivity index (χ0n) is 28.4. The topological polar surface area (TPSA) is 0 Å². The Labute approximate surface area is 299 Å². The van der Waals surface area contributed by atoms with Crippen molar-refractivity contribution >= 4 is 32.3 Å². The first-order chi connectivity index (χ1) is 25.3. The third-order valence-electron chi connectivity index (χ3n) is 11.1. The smallest absolute Gasteiger partial charge is 0.000729 e. The molecule has 0 aliphatic heterocycles. The van der Waals surface area contributed by atoms with Crippen molar-refractivity contribution in [2.24, 2.45) is 0 Å². The lowest BCUT2D eigenvalue weighted by Crippen LogP contribution is -1.83. The first-order valence-electron chi connectivity index (χ1n) is 18.1. The molecule has 0 aromatic heterocycles. The average molecular weight is 649 g/mol. The van der Waals surface area contributed by atoms with Crippen LogP contribution in [0.3, 0.4) is 0 Å². The van der Waals surface area contributed by atoms with Gasteiger partial charge in [-0.05, 0) is 124 Å². The minimum absolute atomic E-state index is 1.08. The van der Waals surface area contributed by atoms with Crippen LogP contribution >= 0.6 is 0 Å². The van der Waals surface area contributed by atoms with E-state index in [2.05, 4.69) is 182 Å². The third-order valence-corrected chi connectivity index (χ3v) is 11.1. The van der Waals surface area contributed by atoms with E-state index in [0.717, 1.165) is 19.3 Å². The Hall–Kier alpha value is -6.24. The highest BCUT2D eigenvalue weighted by Crippen LogP contribution is 2.42. The number of hydrogen-bond acceptors (Lipinski definition) is 0. The Bertz CT molecular complexity index is 2760. The first-order valence-corrected chi connectivity index (χ1v) is 18.1. The van der Waals surface area contributed by atoms with Crippen LogP contribution < -0.4 is 0 Å². The lowest BCUT2D eigenvalue weighted by atomic mass is 9.98. The molecule has 0 unspecified atom stereocenters. The Morgan fingerprint density at radius 2 is 0.745 bits per heavy atom. The van der Waals surface area contributed by atoms with Gasteiger partial charge in [0.25, 0.3) is 0 Å². The van der Waals surface area contributed by atoms with Crippen molar-refractivity contribution in [3.8, 4) is 33.4 Å². The maximum absolute atomic E-state index is 2.34. The van der Waals surface area contributed by atoms with Crippen LogP contribution in [-0.2, 0) is 19.3 Å². The van der Waals surface area contributed by atoms with E-state index in [-0.39, 0.29) is 0 Å². The van der Waals surface area contributed by atoms with Crippen molar-refractivity contribution in [2.45, 2.75) is 19.3 Å². The van der Waals surface area contributed by atoms with E-state index < -0.39 is 0 Å². The maximum Gasteiger partial charge on any atom is -0.000729 e. The predicted molar refractivity (Wildman–Crippen MR) is 217 cm³/mol. The highest BCUT2D eigenvalue weighted by Gasteiger charge is 2.21. The van der Waals surface area contributed by atoms with Gasteiger partial charge >= 0.3 is 0 Å². The quantitative estimate of drug-likeness (QED) is 0.153. The zero-order valence-corrected chi connectivity index (χ0v) is 28.4. The molecule has 0 saturated carbocycles. The number of fused-ring (bicyclic) bond motifs is 14. The maximum atomic E-state index is 2.34. The van der Waals surface area contributed by atoms with Gasteiger partial charge in [-0.3, -0.25) is 0 Å². The first kappa shape index (κ1) is 29.7. The van der Waals surface area contributed by atoms with E-state index in [4.69, 9.17) is 0 Å². The summed E-state index contributed by atoms with van der Waals surface area (Å²) in [4.78, 5) is 0. The molecule has 51 heavy (non-hydrogen) atoms. The fourth-order valence-corrected chi connectivity index (χ4v) is 8.64. The van der Waals surface area contributed by atoms with Crippen molar-refractivity contribution in [3.63, 3.8) is 0 Å². The molecule has 3 aliphatic rings. The fourth-order valence-electron chi connectivity index (χ4n) is 8.64. The SMILES string of the molecule is c1ccc2c(c1)Cc1c-2ccc2ccccc12.c1ccc2c(c1)Cc1cc3ccccc3cc1-2.c1ccc2c(c1)Cc1ccc3ccccc3c1-2. The molecule has 9 aromatic carbocycles. The summed E-state index contributed by atoms with van der Waals surface area (Å²) in [5.41, 5.74) is 17.3. The summed E-state index contributed by atoms with van der Waals surface area (Å²) in [6, 6.07) is 65.8. The second kappa shape index (κ2) is 12.3. The van der Waals surface area contributed by atoms with Crippen LogP contribution in [0.4, 0.5) is 0 Å². The Kier molecular flexibility index (Phi) is 7.13. The molecule has 0 amide bonds. The van der Waals surface area contributed by atoms with Gasteiger partial charge in [-0.2, -0.15) is 0 Å². The summed E-state index contributed by atoms with van der Waals surface area (Å²) in [5, 5.41) is 8.15. The number of rotatable bonds is 0. The predicted octanol–water partition coefficient (Wildman–Crippen LogP) is 13.2. The molecule has 0 atom stereocenters. The van der Waals surface area contributed by atoms with Gasteiger partial charge in [0.05, 0.1) is 0 Å². The van der Waals surface area contributed by atoms with Crippen LogP contribution in [0.5, 0.6) is 0 Å². The van der Waals surface area contributed by atoms with Crippen LogP contribution in [-0.4, -0.2) is 0 Å². The molecule has 12 rings (SSSR count). The van der Waals surface area contributed by atoms with E-state index in [0.29, 0.717) is 0 Å². The molecule has 0 nitrogen and oxygen atoms in total. The highest BCUT2D eigenvalue weighted by atomic mass is 14.2. The van der Waals surface area contributed by atoms with Gasteiger partial charge in [-0.15, -0.1) is 0 Å². The van der Waals surface area contributed by atoms with Gasteiger partial charge in [0.15, 0.2) is 0 Å². The van der Waals surface area contributed by atoms with Crippen LogP contribution in [0.2, 0.25) is 0 Å². The van der Waals surface area contributed by atoms with Crippen molar-refractivity contribution in [2.75, 3.05) is 0 Å². The van der Waals surface area contributed by atoms with E-state index in [9.17, 15) is 0 Å². The van der Waals surface area contributed by atoms with E-state index >= 15 is 0 Å². The van der Waals surface area contributed by atoms with Crippen molar-refractivity contribution < 1.29 is 0 Å². The van der Waals surface area contributed by atoms with Crippen LogP contribution in [0.25, 0.3) is 65.7 Å². The Morgan fingerprint density at radius 3 is 1.49 bits per heavy atom. The lowest BCUT2D eigenvalue weighted by molar-refractivity contribution is 1.27. The Balaban J connectivity index is 0.0000000963. The summed E-state index contributed by atoms with van der Waals surface area (Å²) in [6.45, 7) is 0. The standard InChI is InChI=1S/3C17H12/c1-3-7-15-12(5-1)9-10-14-11-13-6-2-4-8-16(13)17(14)15;1-3-7-14-12(5-1)9-10-16-15-8-4-2-6-13(15)11-17(14)16;1-2-6-13-11-17-15(9-12(13)5-1)10-14-7-3-4-8-16(14)17/h2*1-10H,11H2;1-9,11H,10H2. The molecule has 0 heterocycles. The van der Waals surface area contributed by atoms with Gasteiger partial charge in [-0.25, -0.2) is 0 Å². The van der Waals surface area contributed by atoms with Crippen LogP contribution in [0.15, 0.2) is 182 Å². The second-order valence-electron chi connectivity index (χ2n) is 14.0. The van der Waals surface area contributed by atoms with Gasteiger partial charge in [0, 0.05) is 0 Å². The molecule has 9 aromatic rings. The number of benzene rings is 9. The molecule has 3 aliphatic carbocycles. The van der Waals surface area contributed by atoms with Crippen molar-refractivity contribution in [3.05, 3.63) is 215 Å². The molecule has 0 N–H and O–H groups in total. The average Bonchev–Trinajstić information content (AvgIpc) is 3.89. The molecule has 0 heteroatoms. The fraction of sp³-hybridized carbons (Fsp3) is 0.0588. The molecule has 0 bridgehead atoms. The second-order valence-corrected chi connectivity index (χ2v) is 14.0. The Morgan fingerprint density at radius 1 is 0.255 bits per heavy atom. The third kappa shape index (κ3) is 5.15. The lowest BCUT2D eigenvalue weighted by Gasteiger charge is -2.06. The number of hydrogen-bond donors (Lipinski definition) is 0. The largest absolute Gasteiger partial charge is 0.0619 e. The molecule has 0 fully saturated rings.